The van der Waals surface area contributed by atoms with Gasteiger partial charge in [-0.1, -0.05) is 30.3 Å². The molecule has 30 heavy (non-hydrogen) atoms. The highest BCUT2D eigenvalue weighted by atomic mass is 16.2. The van der Waals surface area contributed by atoms with Gasteiger partial charge in [-0.2, -0.15) is 0 Å². The number of hydrogen-bond acceptors (Lipinski definition) is 3. The summed E-state index contributed by atoms with van der Waals surface area (Å²) in [4.78, 5) is 25.1. The minimum atomic E-state index is 0.222. The monoisotopic (exact) mass is 398 g/mol. The van der Waals surface area contributed by atoms with Gasteiger partial charge in [0.2, 0.25) is 5.91 Å². The van der Waals surface area contributed by atoms with Crippen molar-refractivity contribution < 1.29 is 4.79 Å². The van der Waals surface area contributed by atoms with Gasteiger partial charge in [-0.15, -0.1) is 0 Å². The quantitative estimate of drug-likeness (QED) is 0.557. The Hall–Kier alpha value is -3.34. The van der Waals surface area contributed by atoms with E-state index in [4.69, 9.17) is 0 Å². The Kier molecular flexibility index (Phi) is 4.87. The van der Waals surface area contributed by atoms with Crippen LogP contribution in [0.4, 0.5) is 5.69 Å². The fraction of sp³-hybridized carbons (Fsp3) is 0.280. The minimum absolute atomic E-state index is 0.222. The number of aromatic amines is 1. The number of hydrogen-bond donors (Lipinski definition) is 1. The van der Waals surface area contributed by atoms with Crippen molar-refractivity contribution in [2.24, 2.45) is 0 Å². The molecule has 1 aliphatic heterocycles. The average molecular weight is 399 g/mol. The van der Waals surface area contributed by atoms with E-state index in [1.54, 1.807) is 0 Å². The summed E-state index contributed by atoms with van der Waals surface area (Å²) in [5.74, 6) is 0.222. The van der Waals surface area contributed by atoms with Crippen LogP contribution in [-0.2, 0) is 11.2 Å². The molecule has 3 heterocycles. The largest absolute Gasteiger partial charge is 0.368 e. The van der Waals surface area contributed by atoms with Crippen LogP contribution in [-0.4, -0.2) is 47.0 Å². The van der Waals surface area contributed by atoms with Gasteiger partial charge >= 0.3 is 0 Å². The van der Waals surface area contributed by atoms with Crippen LogP contribution < -0.4 is 4.90 Å². The molecule has 1 amide bonds. The molecule has 0 radical (unpaired) electrons. The number of anilines is 1. The number of fused-ring (bicyclic) bond motifs is 3. The maximum absolute atomic E-state index is 12.8. The molecule has 1 fully saturated rings. The number of rotatable bonds is 4. The van der Waals surface area contributed by atoms with Crippen LogP contribution in [0.5, 0.6) is 0 Å². The highest BCUT2D eigenvalue weighted by molar-refractivity contribution is 6.06. The standard InChI is InChI=1S/C25H26N4O/c1-18-5-4-6-20(15-18)28-11-13-29(14-12-28)25(30)10-9-19-16-22-21-7-2-3-8-23(21)27-24(22)17-26-19/h2-8,15-17,27H,9-14H2,1H3. The number of aryl methyl sites for hydroxylation is 2. The van der Waals surface area contributed by atoms with Crippen molar-refractivity contribution in [1.82, 2.24) is 14.9 Å². The molecular weight excluding hydrogens is 372 g/mol. The number of amides is 1. The number of nitrogens with zero attached hydrogens (tertiary/aromatic N) is 3. The minimum Gasteiger partial charge on any atom is -0.368 e. The van der Waals surface area contributed by atoms with Crippen molar-refractivity contribution in [2.45, 2.75) is 19.8 Å². The Morgan fingerprint density at radius 1 is 0.967 bits per heavy atom. The summed E-state index contributed by atoms with van der Waals surface area (Å²) in [6, 6.07) is 19.0. The van der Waals surface area contributed by atoms with Gasteiger partial charge in [-0.05, 0) is 43.2 Å². The average Bonchev–Trinajstić information content (AvgIpc) is 3.15. The lowest BCUT2D eigenvalue weighted by Crippen LogP contribution is -2.48. The fourth-order valence-corrected chi connectivity index (χ4v) is 4.36. The fourth-order valence-electron chi connectivity index (χ4n) is 4.36. The second-order valence-electron chi connectivity index (χ2n) is 8.10. The Labute approximate surface area is 176 Å². The number of pyridine rings is 1. The summed E-state index contributed by atoms with van der Waals surface area (Å²) >= 11 is 0. The van der Waals surface area contributed by atoms with E-state index in [-0.39, 0.29) is 5.91 Å². The van der Waals surface area contributed by atoms with Crippen molar-refractivity contribution >= 4 is 33.4 Å². The maximum Gasteiger partial charge on any atom is 0.223 e. The first-order valence-corrected chi connectivity index (χ1v) is 10.6. The molecule has 5 nitrogen and oxygen atoms in total. The summed E-state index contributed by atoms with van der Waals surface area (Å²) in [5.41, 5.74) is 5.65. The van der Waals surface area contributed by atoms with Gasteiger partial charge in [0.1, 0.15) is 0 Å². The SMILES string of the molecule is Cc1cccc(N2CCN(C(=O)CCc3cc4c(cn3)[nH]c3ccccc34)CC2)c1. The highest BCUT2D eigenvalue weighted by Crippen LogP contribution is 2.25. The van der Waals surface area contributed by atoms with Crippen LogP contribution in [0, 0.1) is 6.92 Å². The molecule has 2 aromatic carbocycles. The molecule has 2 aromatic heterocycles. The number of para-hydroxylation sites is 1. The topological polar surface area (TPSA) is 52.2 Å². The van der Waals surface area contributed by atoms with Crippen LogP contribution in [0.3, 0.4) is 0 Å². The predicted octanol–water partition coefficient (Wildman–Crippen LogP) is 4.31. The highest BCUT2D eigenvalue weighted by Gasteiger charge is 2.21. The molecule has 5 rings (SSSR count). The van der Waals surface area contributed by atoms with E-state index >= 15 is 0 Å². The van der Waals surface area contributed by atoms with Gasteiger partial charge in [-0.25, -0.2) is 0 Å². The Morgan fingerprint density at radius 2 is 1.80 bits per heavy atom. The van der Waals surface area contributed by atoms with Crippen molar-refractivity contribution in [3.8, 4) is 0 Å². The van der Waals surface area contributed by atoms with E-state index in [2.05, 4.69) is 70.3 Å². The van der Waals surface area contributed by atoms with E-state index < -0.39 is 0 Å². The maximum atomic E-state index is 12.8. The molecule has 0 spiro atoms. The lowest BCUT2D eigenvalue weighted by molar-refractivity contribution is -0.131. The summed E-state index contributed by atoms with van der Waals surface area (Å²) in [7, 11) is 0. The number of carbonyl (C=O) groups is 1. The van der Waals surface area contributed by atoms with Crippen molar-refractivity contribution in [1.29, 1.82) is 0 Å². The number of benzene rings is 2. The van der Waals surface area contributed by atoms with Gasteiger partial charge in [0.05, 0.1) is 11.7 Å². The smallest absolute Gasteiger partial charge is 0.223 e. The lowest BCUT2D eigenvalue weighted by Gasteiger charge is -2.36. The van der Waals surface area contributed by atoms with Crippen molar-refractivity contribution in [2.75, 3.05) is 31.1 Å². The second-order valence-corrected chi connectivity index (χ2v) is 8.10. The molecule has 0 atom stereocenters. The molecular formula is C25H26N4O. The summed E-state index contributed by atoms with van der Waals surface area (Å²) in [6.45, 7) is 5.44. The Morgan fingerprint density at radius 3 is 2.63 bits per heavy atom. The van der Waals surface area contributed by atoms with E-state index in [0.29, 0.717) is 12.8 Å². The van der Waals surface area contributed by atoms with Gasteiger partial charge < -0.3 is 14.8 Å². The van der Waals surface area contributed by atoms with Gasteiger partial charge in [0, 0.05) is 60.3 Å². The summed E-state index contributed by atoms with van der Waals surface area (Å²) in [6.07, 6.45) is 3.06. The first-order chi connectivity index (χ1) is 14.7. The normalized spacial score (nSPS) is 14.6. The summed E-state index contributed by atoms with van der Waals surface area (Å²) in [5, 5.41) is 2.38. The first-order valence-electron chi connectivity index (χ1n) is 10.6. The second kappa shape index (κ2) is 7.82. The van der Waals surface area contributed by atoms with Crippen LogP contribution in [0.2, 0.25) is 0 Å². The van der Waals surface area contributed by atoms with Crippen LogP contribution >= 0.6 is 0 Å². The third-order valence-electron chi connectivity index (χ3n) is 6.04. The molecule has 4 aromatic rings. The predicted molar refractivity (Wildman–Crippen MR) is 122 cm³/mol. The Bertz CT molecular complexity index is 1200. The zero-order valence-electron chi connectivity index (χ0n) is 17.3. The van der Waals surface area contributed by atoms with Crippen LogP contribution in [0.25, 0.3) is 21.8 Å². The van der Waals surface area contributed by atoms with Crippen molar-refractivity contribution in [3.63, 3.8) is 0 Å². The number of piperazine rings is 1. The first kappa shape index (κ1) is 18.7. The molecule has 1 N–H and O–H groups in total. The molecule has 5 heteroatoms. The third kappa shape index (κ3) is 3.63. The summed E-state index contributed by atoms with van der Waals surface area (Å²) < 4.78 is 0. The van der Waals surface area contributed by atoms with Crippen molar-refractivity contribution in [3.05, 3.63) is 72.1 Å². The molecule has 1 aliphatic rings. The van der Waals surface area contributed by atoms with E-state index in [1.165, 1.54) is 22.0 Å². The number of aromatic nitrogens is 2. The zero-order valence-corrected chi connectivity index (χ0v) is 17.3. The molecule has 1 saturated heterocycles. The number of nitrogens with one attached hydrogen (secondary N) is 1. The number of H-pyrrole nitrogens is 1. The zero-order chi connectivity index (χ0) is 20.5. The van der Waals surface area contributed by atoms with Gasteiger partial charge in [-0.3, -0.25) is 9.78 Å². The van der Waals surface area contributed by atoms with E-state index in [9.17, 15) is 4.79 Å². The van der Waals surface area contributed by atoms with E-state index in [1.807, 2.05) is 17.2 Å². The Balaban J connectivity index is 1.21. The van der Waals surface area contributed by atoms with Crippen LogP contribution in [0.1, 0.15) is 17.7 Å². The van der Waals surface area contributed by atoms with Gasteiger partial charge in [0.25, 0.3) is 0 Å². The molecule has 152 valence electrons. The van der Waals surface area contributed by atoms with E-state index in [0.717, 1.165) is 42.9 Å². The molecule has 0 aliphatic carbocycles. The van der Waals surface area contributed by atoms with Crippen LogP contribution in [0.15, 0.2) is 60.8 Å². The molecule has 0 unspecified atom stereocenters. The third-order valence-corrected chi connectivity index (χ3v) is 6.04. The molecule has 0 saturated carbocycles. The molecule has 0 bridgehead atoms. The van der Waals surface area contributed by atoms with Gasteiger partial charge in [0.15, 0.2) is 0 Å². The number of carbonyl (C=O) groups excluding carboxylic acids is 1. The lowest BCUT2D eigenvalue weighted by atomic mass is 10.1.